The Balaban J connectivity index is 2.04. The van der Waals surface area contributed by atoms with E-state index < -0.39 is 22.6 Å². The van der Waals surface area contributed by atoms with Crippen molar-refractivity contribution < 1.29 is 28.6 Å². The average molecular weight is 380 g/mol. The summed E-state index contributed by atoms with van der Waals surface area (Å²) in [4.78, 5) is 22.6. The number of amides is 1. The third-order valence-corrected chi connectivity index (χ3v) is 4.11. The number of hydrogen-bond donors (Lipinski definition) is 2. The number of carbonyl (C=O) groups excluding carboxylic acids is 1. The number of rotatable bonds is 7. The molecular formula is C18H20F2N3O4+. The lowest BCUT2D eigenvalue weighted by molar-refractivity contribution is -0.682. The summed E-state index contributed by atoms with van der Waals surface area (Å²) in [6.07, 6.45) is 0. The van der Waals surface area contributed by atoms with Crippen LogP contribution in [0.4, 0.5) is 20.2 Å². The molecule has 144 valence electrons. The molecule has 7 nitrogen and oxygen atoms in total. The third-order valence-electron chi connectivity index (χ3n) is 4.11. The molecule has 0 aliphatic rings. The van der Waals surface area contributed by atoms with Crippen LogP contribution in [0, 0.1) is 28.7 Å². The number of benzene rings is 2. The molecule has 2 aromatic rings. The van der Waals surface area contributed by atoms with Gasteiger partial charge in [0.25, 0.3) is 5.91 Å². The summed E-state index contributed by atoms with van der Waals surface area (Å²) < 4.78 is 31.8. The van der Waals surface area contributed by atoms with Gasteiger partial charge in [0.1, 0.15) is 17.7 Å². The van der Waals surface area contributed by atoms with E-state index in [-0.39, 0.29) is 29.5 Å². The van der Waals surface area contributed by atoms with Gasteiger partial charge in [-0.1, -0.05) is 0 Å². The first-order valence-electron chi connectivity index (χ1n) is 8.14. The quantitative estimate of drug-likeness (QED) is 0.569. The summed E-state index contributed by atoms with van der Waals surface area (Å²) in [5.41, 5.74) is 0.988. The molecule has 2 rings (SSSR count). The monoisotopic (exact) mass is 380 g/mol. The van der Waals surface area contributed by atoms with Gasteiger partial charge in [0.15, 0.2) is 12.3 Å². The number of aryl methyl sites for hydroxylation is 1. The highest BCUT2D eigenvalue weighted by molar-refractivity contribution is 5.92. The topological polar surface area (TPSA) is 98.1 Å². The van der Waals surface area contributed by atoms with Crippen LogP contribution in [0.3, 0.4) is 0 Å². The molecule has 1 atom stereocenters. The van der Waals surface area contributed by atoms with Crippen LogP contribution in [0.5, 0.6) is 5.75 Å². The van der Waals surface area contributed by atoms with Crippen LogP contribution in [-0.4, -0.2) is 24.5 Å². The van der Waals surface area contributed by atoms with E-state index >= 15 is 0 Å². The Morgan fingerprint density at radius 1 is 1.33 bits per heavy atom. The van der Waals surface area contributed by atoms with Gasteiger partial charge in [-0.15, -0.1) is 0 Å². The molecule has 0 unspecified atom stereocenters. The molecule has 0 saturated heterocycles. The van der Waals surface area contributed by atoms with Gasteiger partial charge in [0.2, 0.25) is 0 Å². The van der Waals surface area contributed by atoms with Crippen LogP contribution in [0.15, 0.2) is 30.3 Å². The third kappa shape index (κ3) is 4.98. The van der Waals surface area contributed by atoms with E-state index in [4.69, 9.17) is 4.74 Å². The number of anilines is 1. The van der Waals surface area contributed by atoms with Crippen LogP contribution in [0.1, 0.15) is 24.1 Å². The summed E-state index contributed by atoms with van der Waals surface area (Å²) in [6.45, 7) is 3.31. The summed E-state index contributed by atoms with van der Waals surface area (Å²) in [6, 6.07) is 5.60. The molecule has 1 amide bonds. The lowest BCUT2D eigenvalue weighted by Gasteiger charge is -2.13. The number of ether oxygens (including phenoxy) is 1. The number of carbonyl (C=O) groups is 1. The molecule has 0 aromatic heterocycles. The number of methoxy groups -OCH3 is 1. The maximum Gasteiger partial charge on any atom is 0.311 e. The molecule has 3 N–H and O–H groups in total. The molecule has 0 saturated carbocycles. The van der Waals surface area contributed by atoms with Gasteiger partial charge in [0.05, 0.1) is 12.0 Å². The zero-order valence-electron chi connectivity index (χ0n) is 15.1. The predicted molar refractivity (Wildman–Crippen MR) is 94.6 cm³/mol. The first kappa shape index (κ1) is 20.2. The van der Waals surface area contributed by atoms with E-state index in [9.17, 15) is 23.7 Å². The van der Waals surface area contributed by atoms with Gasteiger partial charge >= 0.3 is 5.69 Å². The molecule has 0 heterocycles. The van der Waals surface area contributed by atoms with Crippen LogP contribution in [0.25, 0.3) is 0 Å². The van der Waals surface area contributed by atoms with E-state index in [2.05, 4.69) is 5.32 Å². The van der Waals surface area contributed by atoms with E-state index in [1.807, 2.05) is 0 Å². The smallest absolute Gasteiger partial charge is 0.311 e. The van der Waals surface area contributed by atoms with Crippen LogP contribution < -0.4 is 15.4 Å². The molecule has 0 spiro atoms. The Kier molecular flexibility index (Phi) is 6.40. The van der Waals surface area contributed by atoms with Crippen LogP contribution in [-0.2, 0) is 4.79 Å². The van der Waals surface area contributed by atoms with Crippen molar-refractivity contribution in [2.24, 2.45) is 0 Å². The number of nitrogens with zero attached hydrogens (tertiary/aromatic N) is 1. The lowest BCUT2D eigenvalue weighted by atomic mass is 10.1. The Hall–Kier alpha value is -3.07. The largest absolute Gasteiger partial charge is 0.490 e. The molecule has 27 heavy (non-hydrogen) atoms. The van der Waals surface area contributed by atoms with Crippen molar-refractivity contribution >= 4 is 17.3 Å². The van der Waals surface area contributed by atoms with Crippen molar-refractivity contribution in [1.29, 1.82) is 0 Å². The Morgan fingerprint density at radius 3 is 2.63 bits per heavy atom. The Morgan fingerprint density at radius 2 is 2.04 bits per heavy atom. The fourth-order valence-corrected chi connectivity index (χ4v) is 2.60. The van der Waals surface area contributed by atoms with E-state index in [0.29, 0.717) is 11.3 Å². The number of nitro benzene ring substituents is 1. The number of halogens is 2. The van der Waals surface area contributed by atoms with Crippen LogP contribution >= 0.6 is 0 Å². The van der Waals surface area contributed by atoms with Gasteiger partial charge in [0, 0.05) is 29.4 Å². The highest BCUT2D eigenvalue weighted by atomic mass is 19.1. The minimum absolute atomic E-state index is 0.0171. The fraction of sp³-hybridized carbons (Fsp3) is 0.278. The maximum absolute atomic E-state index is 13.8. The number of nitrogens with two attached hydrogens (primary N) is 1. The van der Waals surface area contributed by atoms with Crippen molar-refractivity contribution in [2.45, 2.75) is 19.9 Å². The summed E-state index contributed by atoms with van der Waals surface area (Å²) in [5.74, 6) is -1.67. The normalized spacial score (nSPS) is 11.7. The predicted octanol–water partition coefficient (Wildman–Crippen LogP) is 2.45. The maximum atomic E-state index is 13.8. The number of nitrogens with one attached hydrogen (secondary N) is 1. The van der Waals surface area contributed by atoms with Crippen molar-refractivity contribution in [3.8, 4) is 5.75 Å². The van der Waals surface area contributed by atoms with Gasteiger partial charge in [-0.3, -0.25) is 14.9 Å². The van der Waals surface area contributed by atoms with Crippen molar-refractivity contribution in [2.75, 3.05) is 19.0 Å². The summed E-state index contributed by atoms with van der Waals surface area (Å²) in [7, 11) is 1.30. The van der Waals surface area contributed by atoms with Crippen molar-refractivity contribution in [1.82, 2.24) is 0 Å². The SMILES string of the molecule is COc1cc(NC(=O)C[NH2+][C@H](C)c2ccc(F)cc2F)c(C)cc1[N+](=O)[O-]. The second-order valence-electron chi connectivity index (χ2n) is 6.04. The number of hydrogen-bond acceptors (Lipinski definition) is 4. The van der Waals surface area contributed by atoms with Gasteiger partial charge in [-0.05, 0) is 31.5 Å². The molecule has 0 bridgehead atoms. The van der Waals surface area contributed by atoms with Crippen molar-refractivity contribution in [3.63, 3.8) is 0 Å². The fourth-order valence-electron chi connectivity index (χ4n) is 2.60. The summed E-state index contributed by atoms with van der Waals surface area (Å²) in [5, 5.41) is 15.3. The lowest BCUT2D eigenvalue weighted by Crippen LogP contribution is -2.86. The molecule has 0 radical (unpaired) electrons. The molecule has 0 aliphatic carbocycles. The highest BCUT2D eigenvalue weighted by Crippen LogP contribution is 2.32. The second kappa shape index (κ2) is 8.54. The standard InChI is InChI=1S/C18H19F2N3O4/c1-10-6-16(23(25)26)17(27-3)8-15(10)22-18(24)9-21-11(2)13-5-4-12(19)7-14(13)20/h4-8,11,21H,9H2,1-3H3,(H,22,24)/p+1/t11-/m1/s1. The zero-order chi connectivity index (χ0) is 20.1. The Labute approximate surface area is 154 Å². The van der Waals surface area contributed by atoms with E-state index in [0.717, 1.165) is 12.1 Å². The first-order valence-corrected chi connectivity index (χ1v) is 8.14. The molecule has 0 aliphatic heterocycles. The van der Waals surface area contributed by atoms with Gasteiger partial charge < -0.3 is 15.4 Å². The number of nitro groups is 1. The van der Waals surface area contributed by atoms with Gasteiger partial charge in [-0.2, -0.15) is 0 Å². The zero-order valence-corrected chi connectivity index (χ0v) is 15.1. The minimum atomic E-state index is -0.671. The second-order valence-corrected chi connectivity index (χ2v) is 6.04. The Bertz CT molecular complexity index is 874. The number of quaternary nitrogens is 1. The average Bonchev–Trinajstić information content (AvgIpc) is 2.60. The van der Waals surface area contributed by atoms with Crippen molar-refractivity contribution in [3.05, 3.63) is 63.2 Å². The van der Waals surface area contributed by atoms with E-state index in [1.165, 1.54) is 25.3 Å². The van der Waals surface area contributed by atoms with E-state index in [1.54, 1.807) is 19.2 Å². The van der Waals surface area contributed by atoms with Crippen LogP contribution in [0.2, 0.25) is 0 Å². The first-order chi connectivity index (χ1) is 12.7. The highest BCUT2D eigenvalue weighted by Gasteiger charge is 2.20. The summed E-state index contributed by atoms with van der Waals surface area (Å²) >= 11 is 0. The molecule has 2 aromatic carbocycles. The van der Waals surface area contributed by atoms with Gasteiger partial charge in [-0.25, -0.2) is 8.78 Å². The molecular weight excluding hydrogens is 360 g/mol. The molecule has 0 fully saturated rings. The minimum Gasteiger partial charge on any atom is -0.490 e. The molecule has 9 heteroatoms.